The van der Waals surface area contributed by atoms with Crippen molar-refractivity contribution in [2.75, 3.05) is 0 Å². The zero-order valence-electron chi connectivity index (χ0n) is 17.1. The molecule has 0 spiro atoms. The number of allylic oxidation sites excluding steroid dienone is 2. The fourth-order valence-electron chi connectivity index (χ4n) is 3.93. The van der Waals surface area contributed by atoms with Crippen LogP contribution in [0.5, 0.6) is 5.75 Å². The number of ether oxygens (including phenoxy) is 1. The van der Waals surface area contributed by atoms with Crippen LogP contribution < -0.4 is 4.74 Å². The number of hydrogen-bond acceptors (Lipinski definition) is 2. The van der Waals surface area contributed by atoms with E-state index in [1.165, 1.54) is 11.1 Å². The van der Waals surface area contributed by atoms with Gasteiger partial charge in [0.25, 0.3) is 0 Å². The maximum absolute atomic E-state index is 9.15. The third-order valence-electron chi connectivity index (χ3n) is 5.90. The van der Waals surface area contributed by atoms with Crippen molar-refractivity contribution in [3.63, 3.8) is 0 Å². The molecule has 2 heteroatoms. The fraction of sp³-hybridized carbons (Fsp3) is 0.400. The molecule has 0 radical (unpaired) electrons. The lowest BCUT2D eigenvalue weighted by Gasteiger charge is -2.42. The average molecular weight is 360 g/mol. The summed E-state index contributed by atoms with van der Waals surface area (Å²) in [7, 11) is 0. The first-order valence-electron chi connectivity index (χ1n) is 9.67. The average Bonchev–Trinajstić information content (AvgIpc) is 2.64. The molecule has 3 rings (SSSR count). The van der Waals surface area contributed by atoms with Gasteiger partial charge in [-0.15, -0.1) is 0 Å². The molecule has 27 heavy (non-hydrogen) atoms. The van der Waals surface area contributed by atoms with Crippen molar-refractivity contribution in [3.8, 4) is 11.8 Å². The highest BCUT2D eigenvalue weighted by atomic mass is 16.5. The number of nitriles is 1. The maximum Gasteiger partial charge on any atom is 0.127 e. The van der Waals surface area contributed by atoms with E-state index in [0.717, 1.165) is 35.3 Å². The summed E-state index contributed by atoms with van der Waals surface area (Å²) in [6, 6.07) is 16.9. The van der Waals surface area contributed by atoms with Crippen LogP contribution in [0, 0.1) is 11.3 Å². The van der Waals surface area contributed by atoms with Gasteiger partial charge in [-0.05, 0) is 65.0 Å². The Morgan fingerprint density at radius 2 is 1.63 bits per heavy atom. The molecule has 1 aliphatic rings. The van der Waals surface area contributed by atoms with Crippen LogP contribution in [0.25, 0.3) is 5.57 Å². The topological polar surface area (TPSA) is 33.0 Å². The SMILES string of the molecule is CC(=CC#N)c1cc2c(cc1OCc1ccccc1)C(C)(C)CCC2(C)C. The molecule has 0 saturated carbocycles. The third kappa shape index (κ3) is 3.93. The predicted molar refractivity (Wildman–Crippen MR) is 112 cm³/mol. The van der Waals surface area contributed by atoms with Gasteiger partial charge in [0.15, 0.2) is 0 Å². The fourth-order valence-corrected chi connectivity index (χ4v) is 3.93. The molecular formula is C25H29NO. The Kier molecular flexibility index (Phi) is 5.16. The van der Waals surface area contributed by atoms with E-state index in [-0.39, 0.29) is 10.8 Å². The van der Waals surface area contributed by atoms with Crippen LogP contribution in [0.1, 0.15) is 69.7 Å². The Morgan fingerprint density at radius 1 is 1.04 bits per heavy atom. The molecular weight excluding hydrogens is 330 g/mol. The summed E-state index contributed by atoms with van der Waals surface area (Å²) in [5.74, 6) is 0.868. The van der Waals surface area contributed by atoms with Gasteiger partial charge in [0.2, 0.25) is 0 Å². The van der Waals surface area contributed by atoms with Gasteiger partial charge >= 0.3 is 0 Å². The van der Waals surface area contributed by atoms with E-state index in [1.807, 2.05) is 25.1 Å². The highest BCUT2D eigenvalue weighted by Crippen LogP contribution is 2.48. The van der Waals surface area contributed by atoms with Gasteiger partial charge in [-0.25, -0.2) is 0 Å². The van der Waals surface area contributed by atoms with E-state index >= 15 is 0 Å². The van der Waals surface area contributed by atoms with Crippen molar-refractivity contribution in [3.05, 3.63) is 70.8 Å². The molecule has 0 fully saturated rings. The number of rotatable bonds is 4. The second-order valence-electron chi connectivity index (χ2n) is 8.89. The summed E-state index contributed by atoms with van der Waals surface area (Å²) >= 11 is 0. The Balaban J connectivity index is 2.10. The van der Waals surface area contributed by atoms with Gasteiger partial charge in [0.1, 0.15) is 12.4 Å². The standard InChI is InChI=1S/C25H29NO/c1-18(11-14-26)20-15-21-22(25(4,5)13-12-24(21,2)3)16-23(20)27-17-19-9-7-6-8-10-19/h6-11,15-16H,12-13,17H2,1-5H3. The molecule has 2 nitrogen and oxygen atoms in total. The minimum absolute atomic E-state index is 0.126. The molecule has 1 aliphatic carbocycles. The molecule has 140 valence electrons. The molecule has 2 aromatic rings. The van der Waals surface area contributed by atoms with Crippen LogP contribution >= 0.6 is 0 Å². The summed E-state index contributed by atoms with van der Waals surface area (Å²) in [5.41, 5.74) is 6.12. The quantitative estimate of drug-likeness (QED) is 0.581. The van der Waals surface area contributed by atoms with E-state index < -0.39 is 0 Å². The molecule has 0 heterocycles. The zero-order chi connectivity index (χ0) is 19.7. The molecule has 0 aliphatic heterocycles. The highest BCUT2D eigenvalue weighted by Gasteiger charge is 2.38. The van der Waals surface area contributed by atoms with Crippen molar-refractivity contribution in [2.24, 2.45) is 0 Å². The first-order valence-corrected chi connectivity index (χ1v) is 9.67. The van der Waals surface area contributed by atoms with Gasteiger partial charge in [0, 0.05) is 11.6 Å². The smallest absolute Gasteiger partial charge is 0.127 e. The van der Waals surface area contributed by atoms with Crippen LogP contribution in [0.3, 0.4) is 0 Å². The van der Waals surface area contributed by atoms with Gasteiger partial charge in [-0.3, -0.25) is 0 Å². The van der Waals surface area contributed by atoms with Crippen LogP contribution in [-0.2, 0) is 17.4 Å². The van der Waals surface area contributed by atoms with Crippen LogP contribution in [0.4, 0.5) is 0 Å². The maximum atomic E-state index is 9.15. The van der Waals surface area contributed by atoms with Crippen molar-refractivity contribution >= 4 is 5.57 Å². The first kappa shape index (κ1) is 19.2. The third-order valence-corrected chi connectivity index (χ3v) is 5.90. The van der Waals surface area contributed by atoms with Crippen molar-refractivity contribution in [1.82, 2.24) is 0 Å². The first-order chi connectivity index (χ1) is 12.7. The summed E-state index contributed by atoms with van der Waals surface area (Å²) in [4.78, 5) is 0. The van der Waals surface area contributed by atoms with Crippen molar-refractivity contribution in [1.29, 1.82) is 5.26 Å². The minimum Gasteiger partial charge on any atom is -0.488 e. The Bertz CT molecular complexity index is 898. The van der Waals surface area contributed by atoms with E-state index in [1.54, 1.807) is 6.08 Å². The van der Waals surface area contributed by atoms with E-state index in [9.17, 15) is 0 Å². The number of nitrogens with zero attached hydrogens (tertiary/aromatic N) is 1. The predicted octanol–water partition coefficient (Wildman–Crippen LogP) is 6.54. The highest BCUT2D eigenvalue weighted by molar-refractivity contribution is 5.73. The van der Waals surface area contributed by atoms with Gasteiger partial charge in [0.05, 0.1) is 6.07 Å². The monoisotopic (exact) mass is 359 g/mol. The van der Waals surface area contributed by atoms with Gasteiger partial charge in [-0.2, -0.15) is 5.26 Å². The largest absolute Gasteiger partial charge is 0.488 e. The Hall–Kier alpha value is -2.53. The van der Waals surface area contributed by atoms with E-state index in [2.05, 4.69) is 58.0 Å². The molecule has 0 atom stereocenters. The number of fused-ring (bicyclic) bond motifs is 1. The molecule has 0 N–H and O–H groups in total. The molecule has 0 unspecified atom stereocenters. The Labute approximate surface area is 163 Å². The summed E-state index contributed by atoms with van der Waals surface area (Å²) in [6.45, 7) is 11.8. The van der Waals surface area contributed by atoms with E-state index in [0.29, 0.717) is 6.61 Å². The van der Waals surface area contributed by atoms with Crippen LogP contribution in [0.2, 0.25) is 0 Å². The van der Waals surface area contributed by atoms with Crippen LogP contribution in [-0.4, -0.2) is 0 Å². The minimum atomic E-state index is 0.126. The molecule has 2 aromatic carbocycles. The summed E-state index contributed by atoms with van der Waals surface area (Å²) in [5, 5.41) is 9.15. The summed E-state index contributed by atoms with van der Waals surface area (Å²) < 4.78 is 6.27. The number of benzene rings is 2. The normalized spacial score (nSPS) is 17.7. The second-order valence-corrected chi connectivity index (χ2v) is 8.89. The Morgan fingerprint density at radius 3 is 2.22 bits per heavy atom. The molecule has 0 bridgehead atoms. The van der Waals surface area contributed by atoms with Crippen molar-refractivity contribution < 1.29 is 4.74 Å². The second kappa shape index (κ2) is 7.24. The van der Waals surface area contributed by atoms with Crippen molar-refractivity contribution in [2.45, 2.75) is 64.9 Å². The van der Waals surface area contributed by atoms with Crippen LogP contribution in [0.15, 0.2) is 48.5 Å². The lowest BCUT2D eigenvalue weighted by molar-refractivity contribution is 0.298. The lowest BCUT2D eigenvalue weighted by Crippen LogP contribution is -2.34. The zero-order valence-corrected chi connectivity index (χ0v) is 17.1. The molecule has 0 saturated heterocycles. The lowest BCUT2D eigenvalue weighted by atomic mass is 9.62. The number of hydrogen-bond donors (Lipinski definition) is 0. The molecule has 0 aromatic heterocycles. The van der Waals surface area contributed by atoms with E-state index in [4.69, 9.17) is 10.00 Å². The van der Waals surface area contributed by atoms with Gasteiger partial charge in [-0.1, -0.05) is 58.0 Å². The molecule has 0 amide bonds. The van der Waals surface area contributed by atoms with Gasteiger partial charge < -0.3 is 4.74 Å². The summed E-state index contributed by atoms with van der Waals surface area (Å²) in [6.07, 6.45) is 3.94.